The van der Waals surface area contributed by atoms with Gasteiger partial charge in [0.1, 0.15) is 0 Å². The highest BCUT2D eigenvalue weighted by molar-refractivity contribution is 8.18. The molecule has 0 radical (unpaired) electrons. The van der Waals surface area contributed by atoms with Crippen molar-refractivity contribution in [2.45, 2.75) is 13.3 Å². The fourth-order valence-electron chi connectivity index (χ4n) is 3.63. The maximum atomic E-state index is 13.3. The Labute approximate surface area is 189 Å². The molecule has 4 nitrogen and oxygen atoms in total. The minimum Gasteiger partial charge on any atom is -0.361 e. The van der Waals surface area contributed by atoms with E-state index < -0.39 is 0 Å². The second-order valence-corrected chi connectivity index (χ2v) is 9.68. The second kappa shape index (κ2) is 8.57. The van der Waals surface area contributed by atoms with E-state index in [4.69, 9.17) is 4.99 Å². The van der Waals surface area contributed by atoms with Gasteiger partial charge in [0.05, 0.1) is 10.6 Å². The van der Waals surface area contributed by atoms with Crippen molar-refractivity contribution in [3.63, 3.8) is 0 Å². The quantitative estimate of drug-likeness (QED) is 0.364. The highest BCUT2D eigenvalue weighted by atomic mass is 32.2. The molecule has 1 amide bonds. The molecule has 2 aromatic heterocycles. The van der Waals surface area contributed by atoms with Gasteiger partial charge in [0.15, 0.2) is 5.17 Å². The highest BCUT2D eigenvalue weighted by Gasteiger charge is 2.33. The first-order valence-electron chi connectivity index (χ1n) is 10.1. The molecule has 1 fully saturated rings. The lowest BCUT2D eigenvalue weighted by Gasteiger charge is -2.15. The lowest BCUT2D eigenvalue weighted by Crippen LogP contribution is -2.31. The summed E-state index contributed by atoms with van der Waals surface area (Å²) in [4.78, 5) is 26.3. The number of carbonyl (C=O) groups is 1. The van der Waals surface area contributed by atoms with Crippen molar-refractivity contribution in [3.8, 4) is 0 Å². The fourth-order valence-corrected chi connectivity index (χ4v) is 5.54. The molecule has 0 atom stereocenters. The number of nitrogens with zero attached hydrogens (tertiary/aromatic N) is 2. The molecule has 1 saturated heterocycles. The van der Waals surface area contributed by atoms with Crippen LogP contribution in [0.2, 0.25) is 0 Å². The summed E-state index contributed by atoms with van der Waals surface area (Å²) in [6.07, 6.45) is 4.78. The standard InChI is InChI=1S/C25H21N3OS2/c1-17-11-12-20(30-17)15-23-24(29)28(25(31-23)27-19-7-3-2-4-8-19)14-13-18-16-26-22-10-6-5-9-21(18)22/h2-12,15-16,26H,13-14H2,1H3/b23-15-,27-25?. The number of aromatic nitrogens is 1. The van der Waals surface area contributed by atoms with E-state index in [0.717, 1.165) is 32.6 Å². The average Bonchev–Trinajstić information content (AvgIpc) is 3.46. The Balaban J connectivity index is 1.45. The second-order valence-electron chi connectivity index (χ2n) is 7.36. The molecule has 0 unspecified atom stereocenters. The van der Waals surface area contributed by atoms with Gasteiger partial charge < -0.3 is 4.98 Å². The zero-order valence-corrected chi connectivity index (χ0v) is 18.7. The molecule has 5 rings (SSSR count). The average molecular weight is 444 g/mol. The summed E-state index contributed by atoms with van der Waals surface area (Å²) >= 11 is 3.14. The summed E-state index contributed by atoms with van der Waals surface area (Å²) in [5.74, 6) is 0.0191. The number of aromatic amines is 1. The number of fused-ring (bicyclic) bond motifs is 1. The molecular weight excluding hydrogens is 422 g/mol. The number of para-hydroxylation sites is 2. The van der Waals surface area contributed by atoms with Crippen LogP contribution in [-0.2, 0) is 11.2 Å². The lowest BCUT2D eigenvalue weighted by atomic mass is 10.1. The number of benzene rings is 2. The predicted octanol–water partition coefficient (Wildman–Crippen LogP) is 6.38. The zero-order chi connectivity index (χ0) is 21.2. The number of amidine groups is 1. The van der Waals surface area contributed by atoms with E-state index in [1.54, 1.807) is 11.3 Å². The molecule has 0 spiro atoms. The number of aliphatic imine (C=N–C) groups is 1. The number of H-pyrrole nitrogens is 1. The number of carbonyl (C=O) groups excluding carboxylic acids is 1. The summed E-state index contributed by atoms with van der Waals surface area (Å²) in [6.45, 7) is 2.66. The molecule has 1 aliphatic rings. The molecule has 3 heterocycles. The Bertz CT molecular complexity index is 1300. The van der Waals surface area contributed by atoms with E-state index in [1.165, 1.54) is 27.6 Å². The van der Waals surface area contributed by atoms with Gasteiger partial charge in [-0.1, -0.05) is 36.4 Å². The molecule has 1 aliphatic heterocycles. The third-order valence-electron chi connectivity index (χ3n) is 5.18. The van der Waals surface area contributed by atoms with Gasteiger partial charge >= 0.3 is 0 Å². The number of nitrogens with one attached hydrogen (secondary N) is 1. The van der Waals surface area contributed by atoms with Gasteiger partial charge in [-0.2, -0.15) is 0 Å². The molecular formula is C25H21N3OS2. The Kier molecular flexibility index (Phi) is 5.49. The number of amides is 1. The number of rotatable bonds is 5. The fraction of sp³-hybridized carbons (Fsp3) is 0.120. The van der Waals surface area contributed by atoms with E-state index in [2.05, 4.69) is 36.2 Å². The van der Waals surface area contributed by atoms with E-state index in [1.807, 2.05) is 59.6 Å². The van der Waals surface area contributed by atoms with Gasteiger partial charge in [-0.15, -0.1) is 11.3 Å². The van der Waals surface area contributed by atoms with Crippen molar-refractivity contribution >= 4 is 56.8 Å². The largest absolute Gasteiger partial charge is 0.361 e. The smallest absolute Gasteiger partial charge is 0.266 e. The van der Waals surface area contributed by atoms with E-state index in [-0.39, 0.29) is 5.91 Å². The van der Waals surface area contributed by atoms with Crippen LogP contribution in [-0.4, -0.2) is 27.5 Å². The number of hydrogen-bond donors (Lipinski definition) is 1. The van der Waals surface area contributed by atoms with Crippen LogP contribution in [0.1, 0.15) is 15.3 Å². The van der Waals surface area contributed by atoms with Crippen LogP contribution in [0.3, 0.4) is 0 Å². The Morgan fingerprint density at radius 3 is 2.65 bits per heavy atom. The summed E-state index contributed by atoms with van der Waals surface area (Å²) in [5, 5.41) is 1.93. The van der Waals surface area contributed by atoms with Crippen molar-refractivity contribution < 1.29 is 4.79 Å². The lowest BCUT2D eigenvalue weighted by molar-refractivity contribution is -0.122. The van der Waals surface area contributed by atoms with Crippen LogP contribution >= 0.6 is 23.1 Å². The van der Waals surface area contributed by atoms with Crippen LogP contribution in [0.4, 0.5) is 5.69 Å². The maximum Gasteiger partial charge on any atom is 0.266 e. The van der Waals surface area contributed by atoms with E-state index in [9.17, 15) is 4.79 Å². The van der Waals surface area contributed by atoms with Gasteiger partial charge in [0.2, 0.25) is 0 Å². The Morgan fingerprint density at radius 1 is 1.03 bits per heavy atom. The first kappa shape index (κ1) is 19.8. The van der Waals surface area contributed by atoms with E-state index >= 15 is 0 Å². The minimum absolute atomic E-state index is 0.0191. The van der Waals surface area contributed by atoms with Gasteiger partial charge in [0, 0.05) is 33.4 Å². The van der Waals surface area contributed by atoms with Crippen LogP contribution in [0.5, 0.6) is 0 Å². The summed E-state index contributed by atoms with van der Waals surface area (Å²) < 4.78 is 0. The molecule has 0 saturated carbocycles. The van der Waals surface area contributed by atoms with Crippen molar-refractivity contribution in [3.05, 3.63) is 93.1 Å². The number of thiophene rings is 1. The molecule has 4 aromatic rings. The molecule has 0 aliphatic carbocycles. The molecule has 2 aromatic carbocycles. The van der Waals surface area contributed by atoms with Crippen molar-refractivity contribution in [1.82, 2.24) is 9.88 Å². The number of aryl methyl sites for hydroxylation is 1. The summed E-state index contributed by atoms with van der Waals surface area (Å²) in [5.41, 5.74) is 3.17. The van der Waals surface area contributed by atoms with Gasteiger partial charge in [-0.05, 0) is 67.1 Å². The van der Waals surface area contributed by atoms with Crippen LogP contribution < -0.4 is 0 Å². The van der Waals surface area contributed by atoms with Crippen LogP contribution in [0.25, 0.3) is 17.0 Å². The van der Waals surface area contributed by atoms with Crippen LogP contribution in [0.15, 0.2) is 82.8 Å². The molecule has 154 valence electrons. The highest BCUT2D eigenvalue weighted by Crippen LogP contribution is 2.35. The van der Waals surface area contributed by atoms with Gasteiger partial charge in [-0.3, -0.25) is 9.69 Å². The number of thioether (sulfide) groups is 1. The van der Waals surface area contributed by atoms with Crippen molar-refractivity contribution in [2.75, 3.05) is 6.54 Å². The number of hydrogen-bond acceptors (Lipinski definition) is 4. The third kappa shape index (κ3) is 4.22. The molecule has 0 bridgehead atoms. The topological polar surface area (TPSA) is 48.5 Å². The third-order valence-corrected chi connectivity index (χ3v) is 7.14. The Hall–Kier alpha value is -3.09. The summed E-state index contributed by atoms with van der Waals surface area (Å²) in [7, 11) is 0. The first-order valence-corrected chi connectivity index (χ1v) is 11.8. The SMILES string of the molecule is Cc1ccc(/C=C2\SC(=Nc3ccccc3)N(CCc3c[nH]c4ccccc34)C2=O)s1. The molecule has 31 heavy (non-hydrogen) atoms. The van der Waals surface area contributed by atoms with Gasteiger partial charge in [-0.25, -0.2) is 4.99 Å². The molecule has 6 heteroatoms. The van der Waals surface area contributed by atoms with E-state index in [0.29, 0.717) is 6.54 Å². The van der Waals surface area contributed by atoms with Crippen molar-refractivity contribution in [1.29, 1.82) is 0 Å². The zero-order valence-electron chi connectivity index (χ0n) is 17.0. The van der Waals surface area contributed by atoms with Crippen LogP contribution in [0, 0.1) is 6.92 Å². The summed E-state index contributed by atoms with van der Waals surface area (Å²) in [6, 6.07) is 22.2. The maximum absolute atomic E-state index is 13.3. The normalized spacial score (nSPS) is 16.8. The monoisotopic (exact) mass is 443 g/mol. The van der Waals surface area contributed by atoms with Crippen molar-refractivity contribution in [2.24, 2.45) is 4.99 Å². The molecule has 1 N–H and O–H groups in total. The minimum atomic E-state index is 0.0191. The Morgan fingerprint density at radius 2 is 1.84 bits per heavy atom. The first-order chi connectivity index (χ1) is 15.2. The van der Waals surface area contributed by atoms with Gasteiger partial charge in [0.25, 0.3) is 5.91 Å². The predicted molar refractivity (Wildman–Crippen MR) is 132 cm³/mol.